The fourth-order valence-electron chi connectivity index (χ4n) is 2.77. The van der Waals surface area contributed by atoms with E-state index in [0.717, 1.165) is 11.3 Å². The Morgan fingerprint density at radius 1 is 1.08 bits per heavy atom. The highest BCUT2D eigenvalue weighted by Crippen LogP contribution is 2.25. The third-order valence-corrected chi connectivity index (χ3v) is 4.05. The topological polar surface area (TPSA) is 68.5 Å². The molecule has 132 valence electrons. The zero-order chi connectivity index (χ0) is 18.4. The Morgan fingerprint density at radius 3 is 2.62 bits per heavy atom. The van der Waals surface area contributed by atoms with Gasteiger partial charge in [-0.3, -0.25) is 9.59 Å². The van der Waals surface area contributed by atoms with Gasteiger partial charge in [0.25, 0.3) is 5.91 Å². The maximum Gasteiger partial charge on any atom is 0.252 e. The molecule has 26 heavy (non-hydrogen) atoms. The van der Waals surface area contributed by atoms with Gasteiger partial charge in [-0.05, 0) is 36.2 Å². The first-order chi connectivity index (χ1) is 12.7. The van der Waals surface area contributed by atoms with Crippen LogP contribution in [0.5, 0.6) is 5.75 Å². The van der Waals surface area contributed by atoms with Crippen molar-refractivity contribution in [2.75, 3.05) is 13.7 Å². The molecule has 1 amide bonds. The minimum absolute atomic E-state index is 0.195. The highest BCUT2D eigenvalue weighted by molar-refractivity contribution is 6.00. The maximum atomic E-state index is 12.6. The van der Waals surface area contributed by atoms with E-state index in [4.69, 9.17) is 9.15 Å². The van der Waals surface area contributed by atoms with Crippen molar-refractivity contribution in [3.63, 3.8) is 0 Å². The van der Waals surface area contributed by atoms with Crippen LogP contribution < -0.4 is 10.1 Å². The van der Waals surface area contributed by atoms with Crippen LogP contribution in [-0.2, 0) is 6.42 Å². The Bertz CT molecular complexity index is 914. The van der Waals surface area contributed by atoms with E-state index in [9.17, 15) is 9.59 Å². The number of aldehydes is 1. The van der Waals surface area contributed by atoms with Gasteiger partial charge < -0.3 is 14.5 Å². The van der Waals surface area contributed by atoms with Gasteiger partial charge >= 0.3 is 0 Å². The van der Waals surface area contributed by atoms with Gasteiger partial charge in [-0.15, -0.1) is 0 Å². The number of methoxy groups -OCH3 is 1. The predicted molar refractivity (Wildman–Crippen MR) is 98.6 cm³/mol. The van der Waals surface area contributed by atoms with Crippen LogP contribution in [0.1, 0.15) is 26.5 Å². The molecule has 0 aliphatic carbocycles. The average molecular weight is 349 g/mol. The van der Waals surface area contributed by atoms with Crippen LogP contribution in [0.15, 0.2) is 65.1 Å². The highest BCUT2D eigenvalue weighted by atomic mass is 16.5. The smallest absolute Gasteiger partial charge is 0.252 e. The van der Waals surface area contributed by atoms with E-state index in [0.29, 0.717) is 36.1 Å². The number of para-hydroxylation sites is 1. The van der Waals surface area contributed by atoms with Gasteiger partial charge in [0.1, 0.15) is 11.5 Å². The van der Waals surface area contributed by atoms with Crippen molar-refractivity contribution in [2.24, 2.45) is 0 Å². The van der Waals surface area contributed by atoms with Crippen molar-refractivity contribution in [2.45, 2.75) is 6.42 Å². The molecular weight excluding hydrogens is 330 g/mol. The van der Waals surface area contributed by atoms with Crippen molar-refractivity contribution in [1.29, 1.82) is 0 Å². The third-order valence-electron chi connectivity index (χ3n) is 4.05. The quantitative estimate of drug-likeness (QED) is 0.660. The average Bonchev–Trinajstić information content (AvgIpc) is 3.17. The number of nitrogens with one attached hydrogen (secondary N) is 1. The normalized spacial score (nSPS) is 10.3. The number of benzene rings is 2. The second-order valence-electron chi connectivity index (χ2n) is 5.68. The van der Waals surface area contributed by atoms with Crippen molar-refractivity contribution in [3.05, 3.63) is 77.6 Å². The lowest BCUT2D eigenvalue weighted by Crippen LogP contribution is -2.26. The Balaban J connectivity index is 1.71. The minimum Gasteiger partial charge on any atom is -0.496 e. The molecule has 0 radical (unpaired) electrons. The lowest BCUT2D eigenvalue weighted by molar-refractivity contribution is 0.0954. The van der Waals surface area contributed by atoms with Crippen LogP contribution >= 0.6 is 0 Å². The van der Waals surface area contributed by atoms with Gasteiger partial charge in [-0.1, -0.05) is 36.4 Å². The van der Waals surface area contributed by atoms with Crippen molar-refractivity contribution in [1.82, 2.24) is 5.32 Å². The number of carbonyl (C=O) groups is 2. The van der Waals surface area contributed by atoms with Crippen LogP contribution in [0, 0.1) is 0 Å². The Kier molecular flexibility index (Phi) is 5.49. The summed E-state index contributed by atoms with van der Waals surface area (Å²) in [6, 6.07) is 18.1. The largest absolute Gasteiger partial charge is 0.496 e. The van der Waals surface area contributed by atoms with Crippen molar-refractivity contribution in [3.8, 4) is 17.1 Å². The molecule has 2 aromatic carbocycles. The number of hydrogen-bond acceptors (Lipinski definition) is 4. The first-order valence-corrected chi connectivity index (χ1v) is 8.27. The van der Waals surface area contributed by atoms with E-state index in [1.54, 1.807) is 37.4 Å². The second-order valence-corrected chi connectivity index (χ2v) is 5.68. The van der Waals surface area contributed by atoms with E-state index >= 15 is 0 Å². The zero-order valence-electron chi connectivity index (χ0n) is 14.4. The molecule has 3 aromatic rings. The molecule has 0 spiro atoms. The Labute approximate surface area is 151 Å². The highest BCUT2D eigenvalue weighted by Gasteiger charge is 2.15. The third kappa shape index (κ3) is 3.83. The number of rotatable bonds is 7. The van der Waals surface area contributed by atoms with Crippen LogP contribution in [0.25, 0.3) is 11.3 Å². The maximum absolute atomic E-state index is 12.6. The lowest BCUT2D eigenvalue weighted by Gasteiger charge is -2.10. The number of carbonyl (C=O) groups excluding carboxylic acids is 2. The standard InChI is InChI=1S/C21H19NO4/c1-25-19-9-5-2-6-15(19)12-13-22-21(24)18-8-4-3-7-17(18)20-11-10-16(14-23)26-20/h2-11,14H,12-13H2,1H3,(H,22,24). The summed E-state index contributed by atoms with van der Waals surface area (Å²) in [5, 5.41) is 2.92. The fraction of sp³-hybridized carbons (Fsp3) is 0.143. The molecule has 1 aromatic heterocycles. The van der Waals surface area contributed by atoms with E-state index in [2.05, 4.69) is 5.32 Å². The summed E-state index contributed by atoms with van der Waals surface area (Å²) < 4.78 is 10.8. The first-order valence-electron chi connectivity index (χ1n) is 8.27. The van der Waals surface area contributed by atoms with Gasteiger partial charge in [-0.25, -0.2) is 0 Å². The second kappa shape index (κ2) is 8.16. The molecule has 5 heteroatoms. The molecule has 0 fully saturated rings. The molecule has 0 saturated carbocycles. The fourth-order valence-corrected chi connectivity index (χ4v) is 2.77. The van der Waals surface area contributed by atoms with Gasteiger partial charge in [-0.2, -0.15) is 0 Å². The summed E-state index contributed by atoms with van der Waals surface area (Å²) in [7, 11) is 1.63. The minimum atomic E-state index is -0.195. The Hall–Kier alpha value is -3.34. The molecule has 0 unspecified atom stereocenters. The van der Waals surface area contributed by atoms with Gasteiger partial charge in [0.15, 0.2) is 12.0 Å². The SMILES string of the molecule is COc1ccccc1CCNC(=O)c1ccccc1-c1ccc(C=O)o1. The van der Waals surface area contributed by atoms with E-state index in [-0.39, 0.29) is 11.7 Å². The molecule has 5 nitrogen and oxygen atoms in total. The molecule has 0 saturated heterocycles. The summed E-state index contributed by atoms with van der Waals surface area (Å²) in [5.74, 6) is 1.33. The molecule has 0 aliphatic heterocycles. The lowest BCUT2D eigenvalue weighted by atomic mass is 10.0. The number of furan rings is 1. The van der Waals surface area contributed by atoms with Crippen LogP contribution in [-0.4, -0.2) is 25.8 Å². The molecule has 0 bridgehead atoms. The Morgan fingerprint density at radius 2 is 1.85 bits per heavy atom. The number of amides is 1. The summed E-state index contributed by atoms with van der Waals surface area (Å²) in [6.07, 6.45) is 1.30. The molecular formula is C21H19NO4. The summed E-state index contributed by atoms with van der Waals surface area (Å²) in [4.78, 5) is 23.4. The summed E-state index contributed by atoms with van der Waals surface area (Å²) >= 11 is 0. The van der Waals surface area contributed by atoms with Crippen LogP contribution in [0.4, 0.5) is 0 Å². The molecule has 0 atom stereocenters. The van der Waals surface area contributed by atoms with Gasteiger partial charge in [0.2, 0.25) is 0 Å². The molecule has 1 N–H and O–H groups in total. The monoisotopic (exact) mass is 349 g/mol. The number of hydrogen-bond donors (Lipinski definition) is 1. The van der Waals surface area contributed by atoms with E-state index in [1.807, 2.05) is 30.3 Å². The van der Waals surface area contributed by atoms with E-state index in [1.165, 1.54) is 0 Å². The molecule has 0 aliphatic rings. The van der Waals surface area contributed by atoms with Crippen molar-refractivity contribution < 1.29 is 18.7 Å². The van der Waals surface area contributed by atoms with Gasteiger partial charge in [0.05, 0.1) is 12.7 Å². The molecule has 1 heterocycles. The number of ether oxygens (including phenoxy) is 1. The van der Waals surface area contributed by atoms with E-state index < -0.39 is 0 Å². The van der Waals surface area contributed by atoms with Crippen LogP contribution in [0.3, 0.4) is 0 Å². The molecule has 3 rings (SSSR count). The van der Waals surface area contributed by atoms with Gasteiger partial charge in [0, 0.05) is 12.1 Å². The van der Waals surface area contributed by atoms with Crippen LogP contribution in [0.2, 0.25) is 0 Å². The zero-order valence-corrected chi connectivity index (χ0v) is 14.4. The first kappa shape index (κ1) is 17.5. The predicted octanol–water partition coefficient (Wildman–Crippen LogP) is 3.74. The van der Waals surface area contributed by atoms with Crippen molar-refractivity contribution >= 4 is 12.2 Å². The summed E-state index contributed by atoms with van der Waals surface area (Å²) in [6.45, 7) is 0.477. The summed E-state index contributed by atoms with van der Waals surface area (Å²) in [5.41, 5.74) is 2.18.